The van der Waals surface area contributed by atoms with Crippen molar-refractivity contribution in [2.45, 2.75) is 44.9 Å². The second-order valence-electron chi connectivity index (χ2n) is 11.0. The van der Waals surface area contributed by atoms with Gasteiger partial charge in [-0.2, -0.15) is 0 Å². The van der Waals surface area contributed by atoms with Gasteiger partial charge < -0.3 is 18.9 Å². The van der Waals surface area contributed by atoms with Crippen LogP contribution in [0.2, 0.25) is 0 Å². The molecule has 7 heteroatoms. The molecule has 7 nitrogen and oxygen atoms in total. The lowest BCUT2D eigenvalue weighted by atomic mass is 9.77. The van der Waals surface area contributed by atoms with Gasteiger partial charge in [-0.25, -0.2) is 0 Å². The summed E-state index contributed by atoms with van der Waals surface area (Å²) >= 11 is 0. The van der Waals surface area contributed by atoms with Crippen LogP contribution in [0.1, 0.15) is 37.4 Å². The van der Waals surface area contributed by atoms with E-state index < -0.39 is 23.1 Å². The summed E-state index contributed by atoms with van der Waals surface area (Å²) in [5, 5.41) is 2.06. The number of likely N-dealkylation sites (tertiary alicyclic amines) is 1. The van der Waals surface area contributed by atoms with Crippen molar-refractivity contribution in [1.82, 2.24) is 9.47 Å². The molecule has 1 aromatic heterocycles. The van der Waals surface area contributed by atoms with Gasteiger partial charge in [0.05, 0.1) is 0 Å². The molecule has 0 saturated carbocycles. The van der Waals surface area contributed by atoms with Gasteiger partial charge in [-0.05, 0) is 34.7 Å². The minimum atomic E-state index is -1.47. The molecule has 4 heterocycles. The Hall–Kier alpha value is -3.45. The van der Waals surface area contributed by atoms with Crippen molar-refractivity contribution in [3.05, 3.63) is 82.3 Å². The molecule has 0 unspecified atom stereocenters. The minimum Gasteiger partial charge on any atom is -0.422 e. The van der Waals surface area contributed by atoms with E-state index in [2.05, 4.69) is 4.90 Å². The van der Waals surface area contributed by atoms with Gasteiger partial charge in [0.25, 0.3) is 11.3 Å². The number of hydrogen-bond acceptors (Lipinski definition) is 6. The topological polar surface area (TPSA) is 77.8 Å². The predicted octanol–water partition coefficient (Wildman–Crippen LogP) is 3.49. The Morgan fingerprint density at radius 3 is 2.39 bits per heavy atom. The first kappa shape index (κ1) is 23.0. The largest absolute Gasteiger partial charge is 0.422 e. The zero-order valence-electron chi connectivity index (χ0n) is 20.6. The van der Waals surface area contributed by atoms with Crippen molar-refractivity contribution in [2.75, 3.05) is 19.6 Å². The van der Waals surface area contributed by atoms with Crippen molar-refractivity contribution in [3.63, 3.8) is 0 Å². The number of pyridine rings is 1. The van der Waals surface area contributed by atoms with E-state index in [0.29, 0.717) is 19.6 Å². The molecule has 2 aromatic carbocycles. The van der Waals surface area contributed by atoms with E-state index >= 15 is 0 Å². The summed E-state index contributed by atoms with van der Waals surface area (Å²) in [6.45, 7) is 5.42. The molecule has 0 spiro atoms. The molecule has 0 aliphatic carbocycles. The van der Waals surface area contributed by atoms with E-state index in [1.54, 1.807) is 19.9 Å². The van der Waals surface area contributed by atoms with Crippen LogP contribution in [0.3, 0.4) is 0 Å². The monoisotopic (exact) mass is 486 g/mol. The fraction of sp³-hybridized carbons (Fsp3) is 0.414. The number of hydrogen-bond donors (Lipinski definition) is 0. The summed E-state index contributed by atoms with van der Waals surface area (Å²) in [7, 11) is 0. The molecule has 36 heavy (non-hydrogen) atoms. The van der Waals surface area contributed by atoms with Gasteiger partial charge in [-0.15, -0.1) is 0 Å². The lowest BCUT2D eigenvalue weighted by Gasteiger charge is -2.47. The van der Waals surface area contributed by atoms with Gasteiger partial charge in [0, 0.05) is 64.1 Å². The van der Waals surface area contributed by atoms with E-state index in [0.717, 1.165) is 28.5 Å². The Kier molecular flexibility index (Phi) is 5.30. The molecule has 2 fully saturated rings. The fourth-order valence-corrected chi connectivity index (χ4v) is 6.35. The molecule has 3 aromatic rings. The van der Waals surface area contributed by atoms with Gasteiger partial charge in [0.2, 0.25) is 0 Å². The SMILES string of the molecule is CC1(C)OC(=O)C(Cc2cccc3ccccc23)(CN2C[C@@H]3C[C@H](C2)c2cccc(=O)n2C3)C(=O)O1. The number of carbonyl (C=O) groups excluding carboxylic acids is 2. The Morgan fingerprint density at radius 2 is 1.58 bits per heavy atom. The second kappa shape index (κ2) is 8.30. The Balaban J connectivity index is 1.37. The number of fused-ring (bicyclic) bond motifs is 5. The van der Waals surface area contributed by atoms with E-state index in [1.165, 1.54) is 0 Å². The number of piperidine rings is 1. The average Bonchev–Trinajstić information content (AvgIpc) is 2.83. The van der Waals surface area contributed by atoms with Crippen LogP contribution in [-0.4, -0.2) is 46.8 Å². The van der Waals surface area contributed by atoms with Crippen LogP contribution in [-0.2, 0) is 32.0 Å². The summed E-state index contributed by atoms with van der Waals surface area (Å²) in [5.74, 6) is -1.92. The Morgan fingerprint density at radius 1 is 0.861 bits per heavy atom. The highest BCUT2D eigenvalue weighted by Gasteiger charge is 2.57. The third-order valence-electron chi connectivity index (χ3n) is 7.88. The van der Waals surface area contributed by atoms with Gasteiger partial charge in [0.15, 0.2) is 5.41 Å². The van der Waals surface area contributed by atoms with Crippen LogP contribution >= 0.6 is 0 Å². The smallest absolute Gasteiger partial charge is 0.328 e. The number of cyclic esters (lactones) is 2. The Labute approximate surface area is 209 Å². The summed E-state index contributed by atoms with van der Waals surface area (Å²) in [6, 6.07) is 19.4. The lowest BCUT2D eigenvalue weighted by Crippen LogP contribution is -2.61. The van der Waals surface area contributed by atoms with Crippen LogP contribution in [0.15, 0.2) is 65.5 Å². The molecule has 2 atom stereocenters. The predicted molar refractivity (Wildman–Crippen MR) is 134 cm³/mol. The highest BCUT2D eigenvalue weighted by Crippen LogP contribution is 2.41. The van der Waals surface area contributed by atoms with Crippen molar-refractivity contribution in [1.29, 1.82) is 0 Å². The summed E-state index contributed by atoms with van der Waals surface area (Å²) in [6.07, 6.45) is 1.20. The van der Waals surface area contributed by atoms with Crippen molar-refractivity contribution in [2.24, 2.45) is 11.3 Å². The summed E-state index contributed by atoms with van der Waals surface area (Å²) < 4.78 is 13.3. The van der Waals surface area contributed by atoms with E-state index in [-0.39, 0.29) is 30.4 Å². The van der Waals surface area contributed by atoms with Crippen LogP contribution in [0.4, 0.5) is 0 Å². The van der Waals surface area contributed by atoms with Crippen LogP contribution < -0.4 is 5.56 Å². The average molecular weight is 487 g/mol. The van der Waals surface area contributed by atoms with Crippen LogP contribution in [0.5, 0.6) is 0 Å². The minimum absolute atomic E-state index is 0.0322. The van der Waals surface area contributed by atoms with Gasteiger partial charge >= 0.3 is 11.9 Å². The number of nitrogens with zero attached hydrogens (tertiary/aromatic N) is 2. The molecule has 3 aliphatic heterocycles. The fourth-order valence-electron chi connectivity index (χ4n) is 6.35. The number of rotatable bonds is 4. The molecule has 2 bridgehead atoms. The molecule has 2 saturated heterocycles. The normalized spacial score (nSPS) is 24.6. The number of aromatic nitrogens is 1. The van der Waals surface area contributed by atoms with Crippen molar-refractivity contribution < 1.29 is 19.1 Å². The number of carbonyl (C=O) groups is 2. The molecule has 3 aliphatic rings. The first-order valence-electron chi connectivity index (χ1n) is 12.6. The van der Waals surface area contributed by atoms with Crippen LogP contribution in [0.25, 0.3) is 10.8 Å². The van der Waals surface area contributed by atoms with E-state index in [4.69, 9.17) is 9.47 Å². The zero-order chi connectivity index (χ0) is 25.1. The number of esters is 2. The molecule has 0 N–H and O–H groups in total. The van der Waals surface area contributed by atoms with Crippen LogP contribution in [0, 0.1) is 11.3 Å². The molecular formula is C29H30N2O5. The third-order valence-corrected chi connectivity index (χ3v) is 7.88. The maximum atomic E-state index is 13.7. The quantitative estimate of drug-likeness (QED) is 0.415. The maximum Gasteiger partial charge on any atom is 0.328 e. The Bertz CT molecular complexity index is 1400. The molecule has 0 amide bonds. The summed E-state index contributed by atoms with van der Waals surface area (Å²) in [4.78, 5) is 41.9. The van der Waals surface area contributed by atoms with E-state index in [1.807, 2.05) is 59.2 Å². The van der Waals surface area contributed by atoms with Gasteiger partial charge in [-0.3, -0.25) is 14.4 Å². The van der Waals surface area contributed by atoms with Crippen molar-refractivity contribution >= 4 is 22.7 Å². The van der Waals surface area contributed by atoms with Crippen molar-refractivity contribution in [3.8, 4) is 0 Å². The molecule has 186 valence electrons. The van der Waals surface area contributed by atoms with E-state index in [9.17, 15) is 14.4 Å². The standard InChI is InChI=1S/C29H30N2O5/c1-28(2)35-26(33)29(27(34)36-28,14-21-9-5-8-20-7-3-4-10-23(20)21)18-30-15-19-13-22(17-30)24-11-6-12-25(32)31(24)16-19/h3-12,19,22H,13-18H2,1-2H3/t19-,22+/m0/s1. The highest BCUT2D eigenvalue weighted by atomic mass is 16.7. The second-order valence-corrected chi connectivity index (χ2v) is 11.0. The highest BCUT2D eigenvalue weighted by molar-refractivity contribution is 6.03. The maximum absolute atomic E-state index is 13.7. The molecular weight excluding hydrogens is 456 g/mol. The first-order valence-corrected chi connectivity index (χ1v) is 12.6. The molecule has 6 rings (SSSR count). The van der Waals surface area contributed by atoms with Gasteiger partial charge in [0.1, 0.15) is 0 Å². The zero-order valence-corrected chi connectivity index (χ0v) is 20.6. The number of ether oxygens (including phenoxy) is 2. The summed E-state index contributed by atoms with van der Waals surface area (Å²) in [5.41, 5.74) is 0.504. The van der Waals surface area contributed by atoms with Gasteiger partial charge in [-0.1, -0.05) is 48.5 Å². The lowest BCUT2D eigenvalue weighted by molar-refractivity contribution is -0.252. The first-order chi connectivity index (χ1) is 17.2. The third kappa shape index (κ3) is 3.82. The molecule has 0 radical (unpaired) electrons. The number of benzene rings is 2.